The van der Waals surface area contributed by atoms with Crippen molar-refractivity contribution in [1.29, 1.82) is 0 Å². The van der Waals surface area contributed by atoms with E-state index >= 15 is 0 Å². The molecule has 9 heteroatoms. The number of hydrazone groups is 1. The molecule has 2 aromatic rings. The fraction of sp³-hybridized carbons (Fsp3) is 0.167. The van der Waals surface area contributed by atoms with Crippen LogP contribution in [0, 0.1) is 5.82 Å². The second-order valence-corrected chi connectivity index (χ2v) is 5.59. The van der Waals surface area contributed by atoms with Gasteiger partial charge in [-0.2, -0.15) is 5.10 Å². The maximum atomic E-state index is 13.7. The fourth-order valence-corrected chi connectivity index (χ4v) is 2.37. The number of nitrogens with zero attached hydrogens (tertiary/aromatic N) is 1. The molecule has 27 heavy (non-hydrogen) atoms. The first-order chi connectivity index (χ1) is 13.0. The molecule has 0 radical (unpaired) electrons. The number of halogens is 2. The molecule has 0 saturated carbocycles. The number of benzene rings is 2. The average molecular weight is 394 g/mol. The van der Waals surface area contributed by atoms with Gasteiger partial charge in [0.25, 0.3) is 11.8 Å². The summed E-state index contributed by atoms with van der Waals surface area (Å²) in [4.78, 5) is 23.7. The first-order valence-corrected chi connectivity index (χ1v) is 8.10. The predicted molar refractivity (Wildman–Crippen MR) is 99.0 cm³/mol. The van der Waals surface area contributed by atoms with Gasteiger partial charge in [-0.15, -0.1) is 0 Å². The van der Waals surface area contributed by atoms with E-state index in [1.807, 2.05) is 0 Å². The number of amides is 2. The molecule has 0 aromatic heterocycles. The molecule has 0 aliphatic carbocycles. The molecule has 0 saturated heterocycles. The van der Waals surface area contributed by atoms with Gasteiger partial charge >= 0.3 is 0 Å². The fourth-order valence-electron chi connectivity index (χ4n) is 2.12. The summed E-state index contributed by atoms with van der Waals surface area (Å²) in [6.45, 7) is -0.407. The van der Waals surface area contributed by atoms with Crippen molar-refractivity contribution in [3.05, 3.63) is 58.4 Å². The highest BCUT2D eigenvalue weighted by Crippen LogP contribution is 2.22. The van der Waals surface area contributed by atoms with Gasteiger partial charge in [0.15, 0.2) is 0 Å². The van der Waals surface area contributed by atoms with Crippen LogP contribution < -0.4 is 20.2 Å². The number of nitrogens with one attached hydrogen (secondary N) is 2. The molecule has 2 N–H and O–H groups in total. The van der Waals surface area contributed by atoms with Crippen molar-refractivity contribution in [1.82, 2.24) is 10.7 Å². The first-order valence-electron chi connectivity index (χ1n) is 7.72. The van der Waals surface area contributed by atoms with Gasteiger partial charge in [-0.1, -0.05) is 17.7 Å². The summed E-state index contributed by atoms with van der Waals surface area (Å²) in [5, 5.41) is 6.03. The van der Waals surface area contributed by atoms with Crippen LogP contribution in [0.5, 0.6) is 11.5 Å². The van der Waals surface area contributed by atoms with Gasteiger partial charge in [-0.25, -0.2) is 9.82 Å². The Bertz CT molecular complexity index is 853. The van der Waals surface area contributed by atoms with Crippen molar-refractivity contribution in [3.8, 4) is 11.5 Å². The van der Waals surface area contributed by atoms with Crippen LogP contribution in [0.2, 0.25) is 5.02 Å². The largest absolute Gasteiger partial charge is 0.497 e. The summed E-state index contributed by atoms with van der Waals surface area (Å²) in [5.41, 5.74) is 2.51. The quantitative estimate of drug-likeness (QED) is 0.558. The summed E-state index contributed by atoms with van der Waals surface area (Å²) < 4.78 is 24.0. The van der Waals surface area contributed by atoms with Gasteiger partial charge in [-0.3, -0.25) is 9.59 Å². The van der Waals surface area contributed by atoms with Crippen LogP contribution >= 0.6 is 11.6 Å². The number of hydrogen-bond acceptors (Lipinski definition) is 5. The van der Waals surface area contributed by atoms with Crippen LogP contribution in [-0.2, 0) is 4.79 Å². The van der Waals surface area contributed by atoms with E-state index in [1.165, 1.54) is 32.6 Å². The van der Waals surface area contributed by atoms with Gasteiger partial charge in [0, 0.05) is 5.56 Å². The highest BCUT2D eigenvalue weighted by atomic mass is 35.5. The van der Waals surface area contributed by atoms with Crippen LogP contribution in [-0.4, -0.2) is 38.8 Å². The van der Waals surface area contributed by atoms with Gasteiger partial charge in [0.2, 0.25) is 0 Å². The van der Waals surface area contributed by atoms with Crippen LogP contribution in [0.3, 0.4) is 0 Å². The number of carbonyl (C=O) groups is 2. The lowest BCUT2D eigenvalue weighted by Crippen LogP contribution is -2.35. The Morgan fingerprint density at radius 1 is 1.22 bits per heavy atom. The SMILES string of the molecule is COc1ccc(OC)c(/C=N/NC(=O)CNC(=O)c2c(F)cccc2Cl)c1. The molecule has 0 aliphatic heterocycles. The maximum absolute atomic E-state index is 13.7. The normalized spacial score (nSPS) is 10.5. The van der Waals surface area contributed by atoms with Gasteiger partial charge in [0.05, 0.1) is 37.6 Å². The van der Waals surface area contributed by atoms with Crippen LogP contribution in [0.15, 0.2) is 41.5 Å². The third kappa shape index (κ3) is 5.42. The molecule has 2 amide bonds. The third-order valence-electron chi connectivity index (χ3n) is 3.43. The smallest absolute Gasteiger partial charge is 0.259 e. The zero-order valence-corrected chi connectivity index (χ0v) is 15.3. The third-order valence-corrected chi connectivity index (χ3v) is 3.74. The highest BCUT2D eigenvalue weighted by molar-refractivity contribution is 6.33. The maximum Gasteiger partial charge on any atom is 0.259 e. The molecular weight excluding hydrogens is 377 g/mol. The molecule has 0 unspecified atom stereocenters. The number of carbonyl (C=O) groups excluding carboxylic acids is 2. The van der Waals surface area contributed by atoms with Crippen molar-refractivity contribution in [2.24, 2.45) is 5.10 Å². The summed E-state index contributed by atoms with van der Waals surface area (Å²) in [6, 6.07) is 8.95. The van der Waals surface area contributed by atoms with Gasteiger partial charge in [0.1, 0.15) is 17.3 Å². The van der Waals surface area contributed by atoms with Gasteiger partial charge in [-0.05, 0) is 30.3 Å². The molecule has 2 rings (SSSR count). The second kappa shape index (κ2) is 9.54. The van der Waals surface area contributed by atoms with E-state index in [-0.39, 0.29) is 10.6 Å². The molecule has 0 heterocycles. The van der Waals surface area contributed by atoms with Crippen molar-refractivity contribution < 1.29 is 23.5 Å². The molecule has 0 bridgehead atoms. The molecule has 0 aliphatic rings. The molecule has 7 nitrogen and oxygen atoms in total. The molecular formula is C18H17ClFN3O4. The second-order valence-electron chi connectivity index (χ2n) is 5.18. The summed E-state index contributed by atoms with van der Waals surface area (Å²) in [5.74, 6) is -1.04. The van der Waals surface area contributed by atoms with E-state index in [9.17, 15) is 14.0 Å². The Balaban J connectivity index is 1.93. The van der Waals surface area contributed by atoms with Gasteiger partial charge < -0.3 is 14.8 Å². The summed E-state index contributed by atoms with van der Waals surface area (Å²) >= 11 is 5.80. The minimum Gasteiger partial charge on any atom is -0.497 e. The molecule has 0 fully saturated rings. The molecule has 2 aromatic carbocycles. The minimum atomic E-state index is -0.799. The number of methoxy groups -OCH3 is 2. The number of rotatable bonds is 7. The van der Waals surface area contributed by atoms with E-state index in [4.69, 9.17) is 21.1 Å². The van der Waals surface area contributed by atoms with E-state index in [2.05, 4.69) is 15.8 Å². The Morgan fingerprint density at radius 3 is 2.67 bits per heavy atom. The van der Waals surface area contributed by atoms with E-state index < -0.39 is 24.2 Å². The topological polar surface area (TPSA) is 89.0 Å². The summed E-state index contributed by atoms with van der Waals surface area (Å²) in [6.07, 6.45) is 1.37. The molecule has 142 valence electrons. The predicted octanol–water partition coefficient (Wildman–Crippen LogP) is 2.38. The molecule has 0 spiro atoms. The van der Waals surface area contributed by atoms with Crippen LogP contribution in [0.1, 0.15) is 15.9 Å². The Labute approximate surface area is 160 Å². The van der Waals surface area contributed by atoms with Crippen molar-refractivity contribution in [3.63, 3.8) is 0 Å². The zero-order chi connectivity index (χ0) is 19.8. The van der Waals surface area contributed by atoms with Crippen molar-refractivity contribution >= 4 is 29.6 Å². The minimum absolute atomic E-state index is 0.0453. The Morgan fingerprint density at radius 2 is 2.00 bits per heavy atom. The monoisotopic (exact) mass is 393 g/mol. The van der Waals surface area contributed by atoms with E-state index in [0.717, 1.165) is 6.07 Å². The highest BCUT2D eigenvalue weighted by Gasteiger charge is 2.16. The number of ether oxygens (including phenoxy) is 2. The standard InChI is InChI=1S/C18H17ClFN3O4/c1-26-12-6-7-15(27-2)11(8-12)9-22-23-16(24)10-21-18(25)17-13(19)4-3-5-14(17)20/h3-9H,10H2,1-2H3,(H,21,25)(H,23,24)/b22-9+. The Kier molecular flexibility index (Phi) is 7.13. The van der Waals surface area contributed by atoms with Crippen LogP contribution in [0.25, 0.3) is 0 Å². The Hall–Kier alpha value is -3.13. The zero-order valence-electron chi connectivity index (χ0n) is 14.6. The van der Waals surface area contributed by atoms with Crippen molar-refractivity contribution in [2.45, 2.75) is 0 Å². The van der Waals surface area contributed by atoms with Crippen molar-refractivity contribution in [2.75, 3.05) is 20.8 Å². The molecule has 0 atom stereocenters. The lowest BCUT2D eigenvalue weighted by atomic mass is 10.2. The van der Waals surface area contributed by atoms with E-state index in [1.54, 1.807) is 18.2 Å². The lowest BCUT2D eigenvalue weighted by Gasteiger charge is -2.08. The summed E-state index contributed by atoms with van der Waals surface area (Å²) in [7, 11) is 3.02. The lowest BCUT2D eigenvalue weighted by molar-refractivity contribution is -0.120. The van der Waals surface area contributed by atoms with Crippen LogP contribution in [0.4, 0.5) is 4.39 Å². The average Bonchev–Trinajstić information content (AvgIpc) is 2.66. The first kappa shape index (κ1) is 20.2. The van der Waals surface area contributed by atoms with E-state index in [0.29, 0.717) is 17.1 Å². The number of hydrogen-bond donors (Lipinski definition) is 2.